The summed E-state index contributed by atoms with van der Waals surface area (Å²) in [4.78, 5) is 25.9. The minimum atomic E-state index is -1.26. The quantitative estimate of drug-likeness (QED) is 0.905. The zero-order valence-electron chi connectivity index (χ0n) is 11.9. The Hall–Kier alpha value is -1.98. The molecule has 0 radical (unpaired) electrons. The Bertz CT molecular complexity index is 479. The maximum Gasteiger partial charge on any atom is 0.329 e. The number of carboxylic acids is 1. The monoisotopic (exact) mass is 268 g/mol. The van der Waals surface area contributed by atoms with E-state index in [2.05, 4.69) is 0 Å². The number of rotatable bonds is 4. The van der Waals surface area contributed by atoms with Gasteiger partial charge in [-0.15, -0.1) is 0 Å². The van der Waals surface area contributed by atoms with Gasteiger partial charge in [-0.1, -0.05) is 0 Å². The standard InChI is InChI=1S/C13H20N2O4/c1-9-6-7-10(19-9)8-14(4)12(18)15(5)13(2,3)11(16)17/h6-7H,8H2,1-5H3,(H,16,17). The molecule has 0 saturated carbocycles. The predicted molar refractivity (Wildman–Crippen MR) is 69.8 cm³/mol. The van der Waals surface area contributed by atoms with Gasteiger partial charge in [0.1, 0.15) is 17.1 Å². The molecule has 1 aromatic rings. The number of hydrogen-bond acceptors (Lipinski definition) is 3. The lowest BCUT2D eigenvalue weighted by atomic mass is 10.0. The first kappa shape index (κ1) is 15.1. The molecule has 1 heterocycles. The molecule has 0 atom stereocenters. The molecule has 106 valence electrons. The maximum absolute atomic E-state index is 12.2. The van der Waals surface area contributed by atoms with Crippen molar-refractivity contribution in [2.24, 2.45) is 0 Å². The molecule has 0 aliphatic heterocycles. The molecule has 0 aliphatic carbocycles. The second kappa shape index (κ2) is 5.34. The van der Waals surface area contributed by atoms with Crippen LogP contribution in [-0.2, 0) is 11.3 Å². The van der Waals surface area contributed by atoms with Crippen LogP contribution in [0.1, 0.15) is 25.4 Å². The Morgan fingerprint density at radius 3 is 2.32 bits per heavy atom. The molecule has 2 amide bonds. The molecule has 0 aliphatic rings. The zero-order valence-corrected chi connectivity index (χ0v) is 11.9. The van der Waals surface area contributed by atoms with E-state index in [9.17, 15) is 9.59 Å². The van der Waals surface area contributed by atoms with Gasteiger partial charge in [-0.2, -0.15) is 0 Å². The lowest BCUT2D eigenvalue weighted by Gasteiger charge is -2.34. The van der Waals surface area contributed by atoms with Crippen molar-refractivity contribution in [3.63, 3.8) is 0 Å². The van der Waals surface area contributed by atoms with Crippen molar-refractivity contribution in [1.29, 1.82) is 0 Å². The first-order valence-electron chi connectivity index (χ1n) is 5.94. The molecule has 0 aromatic carbocycles. The summed E-state index contributed by atoms with van der Waals surface area (Å²) < 4.78 is 5.39. The number of furan rings is 1. The molecule has 0 unspecified atom stereocenters. The number of aryl methyl sites for hydroxylation is 1. The molecule has 0 spiro atoms. The summed E-state index contributed by atoms with van der Waals surface area (Å²) in [7, 11) is 3.08. The summed E-state index contributed by atoms with van der Waals surface area (Å²) in [5.41, 5.74) is -1.26. The highest BCUT2D eigenvalue weighted by molar-refractivity contribution is 5.85. The minimum Gasteiger partial charge on any atom is -0.480 e. The number of carbonyl (C=O) groups is 2. The Morgan fingerprint density at radius 2 is 1.89 bits per heavy atom. The van der Waals surface area contributed by atoms with Gasteiger partial charge in [-0.25, -0.2) is 9.59 Å². The van der Waals surface area contributed by atoms with Gasteiger partial charge in [0, 0.05) is 14.1 Å². The summed E-state index contributed by atoms with van der Waals surface area (Å²) >= 11 is 0. The van der Waals surface area contributed by atoms with Gasteiger partial charge < -0.3 is 19.3 Å². The van der Waals surface area contributed by atoms with Crippen LogP contribution in [0.4, 0.5) is 4.79 Å². The Balaban J connectivity index is 2.74. The lowest BCUT2D eigenvalue weighted by Crippen LogP contribution is -2.54. The van der Waals surface area contributed by atoms with E-state index in [0.717, 1.165) is 5.76 Å². The van der Waals surface area contributed by atoms with Crippen molar-refractivity contribution in [3.8, 4) is 0 Å². The number of carbonyl (C=O) groups excluding carboxylic acids is 1. The van der Waals surface area contributed by atoms with E-state index in [1.165, 1.54) is 30.7 Å². The van der Waals surface area contributed by atoms with Crippen molar-refractivity contribution in [2.45, 2.75) is 32.9 Å². The lowest BCUT2D eigenvalue weighted by molar-refractivity contribution is -0.147. The molecule has 6 nitrogen and oxygen atoms in total. The van der Waals surface area contributed by atoms with Gasteiger partial charge >= 0.3 is 12.0 Å². The molecule has 0 fully saturated rings. The molecule has 1 aromatic heterocycles. The van der Waals surface area contributed by atoms with E-state index < -0.39 is 11.5 Å². The topological polar surface area (TPSA) is 74.0 Å². The molecular formula is C13H20N2O4. The van der Waals surface area contributed by atoms with Crippen LogP contribution >= 0.6 is 0 Å². The normalized spacial score (nSPS) is 11.2. The summed E-state index contributed by atoms with van der Waals surface area (Å²) in [5.74, 6) is 0.385. The largest absolute Gasteiger partial charge is 0.480 e. The molecular weight excluding hydrogens is 248 g/mol. The number of likely N-dealkylation sites (N-methyl/N-ethyl adjacent to an activating group) is 1. The fraction of sp³-hybridized carbons (Fsp3) is 0.538. The van der Waals surface area contributed by atoms with Crippen molar-refractivity contribution >= 4 is 12.0 Å². The van der Waals surface area contributed by atoms with E-state index in [-0.39, 0.29) is 6.03 Å². The predicted octanol–water partition coefficient (Wildman–Crippen LogP) is 1.93. The van der Waals surface area contributed by atoms with E-state index in [1.54, 1.807) is 13.1 Å². The van der Waals surface area contributed by atoms with Crippen LogP contribution in [0, 0.1) is 6.92 Å². The highest BCUT2D eigenvalue weighted by Gasteiger charge is 2.36. The fourth-order valence-electron chi connectivity index (χ4n) is 1.51. The Morgan fingerprint density at radius 1 is 1.32 bits per heavy atom. The number of urea groups is 1. The molecule has 6 heteroatoms. The van der Waals surface area contributed by atoms with Gasteiger partial charge in [0.2, 0.25) is 0 Å². The Kier molecular flexibility index (Phi) is 4.24. The van der Waals surface area contributed by atoms with E-state index in [0.29, 0.717) is 12.3 Å². The first-order valence-corrected chi connectivity index (χ1v) is 5.94. The van der Waals surface area contributed by atoms with Crippen LogP contribution in [0.3, 0.4) is 0 Å². The van der Waals surface area contributed by atoms with Gasteiger partial charge in [-0.3, -0.25) is 0 Å². The van der Waals surface area contributed by atoms with Crippen LogP contribution in [0.2, 0.25) is 0 Å². The first-order chi connectivity index (χ1) is 8.66. The van der Waals surface area contributed by atoms with Crippen LogP contribution in [0.15, 0.2) is 16.5 Å². The second-order valence-corrected chi connectivity index (χ2v) is 5.07. The smallest absolute Gasteiger partial charge is 0.329 e. The summed E-state index contributed by atoms with van der Waals surface area (Å²) in [6.45, 7) is 5.09. The number of carboxylic acid groups (broad SMARTS) is 1. The Labute approximate surface area is 112 Å². The number of hydrogen-bond donors (Lipinski definition) is 1. The van der Waals surface area contributed by atoms with Crippen molar-refractivity contribution in [1.82, 2.24) is 9.80 Å². The average Bonchev–Trinajstić information content (AvgIpc) is 2.72. The van der Waals surface area contributed by atoms with Gasteiger partial charge in [0.25, 0.3) is 0 Å². The highest BCUT2D eigenvalue weighted by atomic mass is 16.4. The summed E-state index contributed by atoms with van der Waals surface area (Å²) in [6, 6.07) is 3.24. The van der Waals surface area contributed by atoms with E-state index in [4.69, 9.17) is 9.52 Å². The highest BCUT2D eigenvalue weighted by Crippen LogP contribution is 2.16. The summed E-state index contributed by atoms with van der Waals surface area (Å²) in [5, 5.41) is 9.10. The number of aliphatic carboxylic acids is 1. The minimum absolute atomic E-state index is 0.298. The summed E-state index contributed by atoms with van der Waals surface area (Å²) in [6.07, 6.45) is 0. The van der Waals surface area contributed by atoms with Gasteiger partial charge in [0.05, 0.1) is 6.54 Å². The molecule has 1 rings (SSSR count). The van der Waals surface area contributed by atoms with E-state index >= 15 is 0 Å². The third-order valence-electron chi connectivity index (χ3n) is 3.16. The van der Waals surface area contributed by atoms with E-state index in [1.807, 2.05) is 13.0 Å². The SMILES string of the molecule is Cc1ccc(CN(C)C(=O)N(C)C(C)(C)C(=O)O)o1. The number of amides is 2. The zero-order chi connectivity index (χ0) is 14.8. The second-order valence-electron chi connectivity index (χ2n) is 5.07. The average molecular weight is 268 g/mol. The third-order valence-corrected chi connectivity index (χ3v) is 3.16. The van der Waals surface area contributed by atoms with Crippen molar-refractivity contribution in [2.75, 3.05) is 14.1 Å². The molecule has 19 heavy (non-hydrogen) atoms. The molecule has 0 saturated heterocycles. The van der Waals surface area contributed by atoms with Crippen molar-refractivity contribution in [3.05, 3.63) is 23.7 Å². The van der Waals surface area contributed by atoms with Crippen molar-refractivity contribution < 1.29 is 19.1 Å². The molecule has 0 bridgehead atoms. The van der Waals surface area contributed by atoms with Crippen LogP contribution in [-0.4, -0.2) is 46.5 Å². The molecule has 1 N–H and O–H groups in total. The van der Waals surface area contributed by atoms with Crippen LogP contribution in [0.25, 0.3) is 0 Å². The van der Waals surface area contributed by atoms with Gasteiger partial charge in [-0.05, 0) is 32.9 Å². The van der Waals surface area contributed by atoms with Crippen LogP contribution in [0.5, 0.6) is 0 Å². The third kappa shape index (κ3) is 3.27. The van der Waals surface area contributed by atoms with Crippen LogP contribution < -0.4 is 0 Å². The number of nitrogens with zero attached hydrogens (tertiary/aromatic N) is 2. The van der Waals surface area contributed by atoms with Gasteiger partial charge in [0.15, 0.2) is 0 Å². The maximum atomic E-state index is 12.2. The fourth-order valence-corrected chi connectivity index (χ4v) is 1.51.